The zero-order valence-electron chi connectivity index (χ0n) is 17.9. The Morgan fingerprint density at radius 3 is 2.50 bits per heavy atom. The second-order valence-electron chi connectivity index (χ2n) is 7.43. The Bertz CT molecular complexity index is 1200. The molecule has 1 aliphatic rings. The fourth-order valence-electron chi connectivity index (χ4n) is 3.60. The van der Waals surface area contributed by atoms with Crippen LogP contribution in [-0.2, 0) is 16.6 Å². The van der Waals surface area contributed by atoms with Crippen molar-refractivity contribution in [2.45, 2.75) is 36.2 Å². The number of nitrogens with one attached hydrogen (secondary N) is 1. The first kappa shape index (κ1) is 22.5. The highest BCUT2D eigenvalue weighted by Gasteiger charge is 2.27. The second kappa shape index (κ2) is 9.43. The number of nitrogens with zero attached hydrogens (tertiary/aromatic N) is 3. The highest BCUT2D eigenvalue weighted by Crippen LogP contribution is 2.25. The quantitative estimate of drug-likeness (QED) is 0.414. The van der Waals surface area contributed by atoms with Gasteiger partial charge in [-0.3, -0.25) is 4.79 Å². The van der Waals surface area contributed by atoms with Gasteiger partial charge in [0.2, 0.25) is 10.0 Å². The van der Waals surface area contributed by atoms with Gasteiger partial charge in [-0.15, -0.1) is 11.8 Å². The van der Waals surface area contributed by atoms with E-state index in [-0.39, 0.29) is 17.3 Å². The number of sulfonamides is 1. The number of hydrogen-bond donors (Lipinski definition) is 1. The van der Waals surface area contributed by atoms with Crippen molar-refractivity contribution in [2.75, 3.05) is 19.3 Å². The summed E-state index contributed by atoms with van der Waals surface area (Å²) < 4.78 is 32.2. The van der Waals surface area contributed by atoms with Gasteiger partial charge in [-0.2, -0.15) is 4.31 Å². The van der Waals surface area contributed by atoms with E-state index in [0.717, 1.165) is 18.4 Å². The molecule has 1 aliphatic heterocycles. The number of amides is 1. The molecule has 2 aromatic heterocycles. The van der Waals surface area contributed by atoms with Crippen molar-refractivity contribution >= 4 is 27.7 Å². The summed E-state index contributed by atoms with van der Waals surface area (Å²) in [6.07, 6.45) is 5.19. The fourth-order valence-corrected chi connectivity index (χ4v) is 5.74. The summed E-state index contributed by atoms with van der Waals surface area (Å²) >= 11 is 1.36. The molecule has 0 saturated carbocycles. The topological polar surface area (TPSA) is 105 Å². The second-order valence-corrected chi connectivity index (χ2v) is 10.2. The molecule has 0 unspecified atom stereocenters. The summed E-state index contributed by atoms with van der Waals surface area (Å²) in [7, 11) is -3.45. The smallest absolute Gasteiger partial charge is 0.256 e. The zero-order chi connectivity index (χ0) is 22.7. The molecule has 0 spiro atoms. The van der Waals surface area contributed by atoms with Crippen LogP contribution in [0.4, 0.5) is 0 Å². The molecule has 1 aromatic carbocycles. The number of benzene rings is 1. The molecule has 1 amide bonds. The lowest BCUT2D eigenvalue weighted by atomic mass is 10.2. The third-order valence-electron chi connectivity index (χ3n) is 5.30. The molecule has 0 radical (unpaired) electrons. The van der Waals surface area contributed by atoms with Gasteiger partial charge in [-0.1, -0.05) is 12.1 Å². The zero-order valence-corrected chi connectivity index (χ0v) is 19.5. The number of carbonyl (C=O) groups excluding carboxylic acids is 1. The van der Waals surface area contributed by atoms with Crippen LogP contribution < -0.4 is 5.32 Å². The van der Waals surface area contributed by atoms with E-state index in [1.165, 1.54) is 16.1 Å². The molecule has 10 heteroatoms. The van der Waals surface area contributed by atoms with Crippen LogP contribution in [0, 0.1) is 6.92 Å². The van der Waals surface area contributed by atoms with Gasteiger partial charge in [0.1, 0.15) is 5.03 Å². The van der Waals surface area contributed by atoms with E-state index in [1.54, 1.807) is 49.6 Å². The molecule has 0 atom stereocenters. The van der Waals surface area contributed by atoms with Gasteiger partial charge in [0.05, 0.1) is 22.4 Å². The molecule has 1 fully saturated rings. The average molecular weight is 473 g/mol. The maximum atomic E-state index is 12.9. The molecule has 1 saturated heterocycles. The van der Waals surface area contributed by atoms with Crippen LogP contribution in [-0.4, -0.2) is 47.9 Å². The molecule has 3 aromatic rings. The molecule has 3 heterocycles. The van der Waals surface area contributed by atoms with Crippen LogP contribution in [0.1, 0.15) is 34.5 Å². The molecule has 0 aliphatic carbocycles. The van der Waals surface area contributed by atoms with E-state index in [1.807, 2.05) is 6.26 Å². The highest BCUT2D eigenvalue weighted by molar-refractivity contribution is 7.98. The summed E-state index contributed by atoms with van der Waals surface area (Å²) in [5, 5.41) is 3.45. The molecule has 32 heavy (non-hydrogen) atoms. The predicted molar refractivity (Wildman–Crippen MR) is 122 cm³/mol. The van der Waals surface area contributed by atoms with Crippen molar-refractivity contribution < 1.29 is 17.6 Å². The predicted octanol–water partition coefficient (Wildman–Crippen LogP) is 3.48. The van der Waals surface area contributed by atoms with Crippen molar-refractivity contribution in [1.29, 1.82) is 0 Å². The third kappa shape index (κ3) is 4.57. The normalized spacial score (nSPS) is 14.6. The van der Waals surface area contributed by atoms with Crippen molar-refractivity contribution in [3.05, 3.63) is 59.5 Å². The van der Waals surface area contributed by atoms with E-state index >= 15 is 0 Å². The van der Waals surface area contributed by atoms with Crippen LogP contribution in [0.2, 0.25) is 0 Å². The summed E-state index contributed by atoms with van der Waals surface area (Å²) in [5.41, 5.74) is 1.77. The Morgan fingerprint density at radius 1 is 1.16 bits per heavy atom. The Morgan fingerprint density at radius 2 is 1.88 bits per heavy atom. The van der Waals surface area contributed by atoms with Crippen molar-refractivity contribution in [2.24, 2.45) is 0 Å². The minimum absolute atomic E-state index is 0.260. The first-order valence-corrected chi connectivity index (χ1v) is 12.9. The van der Waals surface area contributed by atoms with Crippen molar-refractivity contribution in [3.63, 3.8) is 0 Å². The largest absolute Gasteiger partial charge is 0.461 e. The molecule has 8 nitrogen and oxygen atoms in total. The molecular formula is C22H24N4O4S2. The van der Waals surface area contributed by atoms with Crippen LogP contribution in [0.15, 0.2) is 57.0 Å². The van der Waals surface area contributed by atoms with E-state index < -0.39 is 10.0 Å². The van der Waals surface area contributed by atoms with E-state index in [4.69, 9.17) is 4.42 Å². The molecule has 0 bridgehead atoms. The average Bonchev–Trinajstić information content (AvgIpc) is 3.52. The van der Waals surface area contributed by atoms with Gasteiger partial charge in [0, 0.05) is 19.6 Å². The maximum absolute atomic E-state index is 12.9. The first-order valence-electron chi connectivity index (χ1n) is 10.2. The maximum Gasteiger partial charge on any atom is 0.256 e. The summed E-state index contributed by atoms with van der Waals surface area (Å²) in [4.78, 5) is 22.1. The van der Waals surface area contributed by atoms with Crippen molar-refractivity contribution in [3.8, 4) is 11.6 Å². The van der Waals surface area contributed by atoms with Gasteiger partial charge < -0.3 is 9.73 Å². The lowest BCUT2D eigenvalue weighted by molar-refractivity contribution is 0.0946. The van der Waals surface area contributed by atoms with Crippen molar-refractivity contribution in [1.82, 2.24) is 19.6 Å². The van der Waals surface area contributed by atoms with Gasteiger partial charge in [-0.05, 0) is 55.9 Å². The summed E-state index contributed by atoms with van der Waals surface area (Å²) in [6, 6.07) is 10.2. The Labute approximate surface area is 191 Å². The number of carbonyl (C=O) groups is 1. The standard InChI is InChI=1S/C22H24N4O4S2/c1-15-19(22(31-2)25-20(24-15)18-6-5-13-30-18)21(27)23-14-16-7-9-17(10-8-16)32(28,29)26-11-3-4-12-26/h5-10,13H,3-4,11-12,14H2,1-2H3,(H,23,27). The van der Waals surface area contributed by atoms with E-state index in [0.29, 0.717) is 41.0 Å². The van der Waals surface area contributed by atoms with Crippen LogP contribution in [0.3, 0.4) is 0 Å². The molecule has 1 N–H and O–H groups in total. The molecule has 4 rings (SSSR count). The lowest BCUT2D eigenvalue weighted by Gasteiger charge is -2.16. The number of aromatic nitrogens is 2. The Hall–Kier alpha value is -2.69. The Balaban J connectivity index is 1.47. The fraction of sp³-hybridized carbons (Fsp3) is 0.318. The minimum Gasteiger partial charge on any atom is -0.461 e. The number of hydrogen-bond acceptors (Lipinski definition) is 7. The number of thioether (sulfide) groups is 1. The molecular weight excluding hydrogens is 448 g/mol. The third-order valence-corrected chi connectivity index (χ3v) is 7.89. The SMILES string of the molecule is CSc1nc(-c2ccco2)nc(C)c1C(=O)NCc1ccc(S(=O)(=O)N2CCCC2)cc1. The summed E-state index contributed by atoms with van der Waals surface area (Å²) in [5.74, 6) is 0.689. The first-order chi connectivity index (χ1) is 15.4. The van der Waals surface area contributed by atoms with Gasteiger partial charge in [0.15, 0.2) is 11.6 Å². The molecule has 168 valence electrons. The number of aryl methyl sites for hydroxylation is 1. The van der Waals surface area contributed by atoms with E-state index in [2.05, 4.69) is 15.3 Å². The van der Waals surface area contributed by atoms with Crippen LogP contribution in [0.25, 0.3) is 11.6 Å². The highest BCUT2D eigenvalue weighted by atomic mass is 32.2. The van der Waals surface area contributed by atoms with Crippen LogP contribution >= 0.6 is 11.8 Å². The number of furan rings is 1. The Kier molecular flexibility index (Phi) is 6.63. The van der Waals surface area contributed by atoms with E-state index in [9.17, 15) is 13.2 Å². The monoisotopic (exact) mass is 472 g/mol. The van der Waals surface area contributed by atoms with Gasteiger partial charge in [0.25, 0.3) is 5.91 Å². The van der Waals surface area contributed by atoms with Crippen LogP contribution in [0.5, 0.6) is 0 Å². The lowest BCUT2D eigenvalue weighted by Crippen LogP contribution is -2.28. The minimum atomic E-state index is -3.45. The van der Waals surface area contributed by atoms with Gasteiger partial charge >= 0.3 is 0 Å². The number of rotatable bonds is 7. The van der Waals surface area contributed by atoms with Gasteiger partial charge in [-0.25, -0.2) is 18.4 Å². The summed E-state index contributed by atoms with van der Waals surface area (Å²) in [6.45, 7) is 3.16.